The van der Waals surface area contributed by atoms with Crippen LogP contribution in [0, 0.1) is 0 Å². The standard InChI is InChI=1S/C11H14N2O2/c1-3-5-8(6-4-2)7-9-10(14)13-11(15)12-9/h3-6,9H,1,7H2,2H3,(H2,12,13,14,15)/b6-4-,8-5+. The highest BCUT2D eigenvalue weighted by atomic mass is 16.2. The van der Waals surface area contributed by atoms with E-state index in [1.807, 2.05) is 25.2 Å². The van der Waals surface area contributed by atoms with E-state index in [1.54, 1.807) is 6.08 Å². The number of rotatable bonds is 4. The Morgan fingerprint density at radius 3 is 2.73 bits per heavy atom. The van der Waals surface area contributed by atoms with E-state index in [0.717, 1.165) is 5.57 Å². The van der Waals surface area contributed by atoms with Gasteiger partial charge in [-0.2, -0.15) is 0 Å². The molecule has 4 heteroatoms. The molecule has 0 aromatic heterocycles. The van der Waals surface area contributed by atoms with Crippen LogP contribution >= 0.6 is 0 Å². The molecule has 1 fully saturated rings. The normalized spacial score (nSPS) is 21.7. The third kappa shape index (κ3) is 3.09. The Morgan fingerprint density at radius 1 is 1.53 bits per heavy atom. The maximum atomic E-state index is 11.3. The number of amides is 3. The molecule has 1 heterocycles. The second-order valence-corrected chi connectivity index (χ2v) is 3.20. The topological polar surface area (TPSA) is 58.2 Å². The lowest BCUT2D eigenvalue weighted by atomic mass is 10.1. The number of carbonyl (C=O) groups is 2. The summed E-state index contributed by atoms with van der Waals surface area (Å²) in [7, 11) is 0. The summed E-state index contributed by atoms with van der Waals surface area (Å²) in [4.78, 5) is 22.1. The number of nitrogens with one attached hydrogen (secondary N) is 2. The van der Waals surface area contributed by atoms with E-state index < -0.39 is 12.1 Å². The van der Waals surface area contributed by atoms with Gasteiger partial charge < -0.3 is 5.32 Å². The fourth-order valence-electron chi connectivity index (χ4n) is 1.40. The van der Waals surface area contributed by atoms with Crippen LogP contribution in [0.4, 0.5) is 4.79 Å². The molecule has 0 aromatic rings. The van der Waals surface area contributed by atoms with Crippen molar-refractivity contribution in [1.29, 1.82) is 0 Å². The number of urea groups is 1. The lowest BCUT2D eigenvalue weighted by molar-refractivity contribution is -0.120. The minimum atomic E-state index is -0.472. The van der Waals surface area contributed by atoms with Crippen molar-refractivity contribution in [3.8, 4) is 0 Å². The minimum Gasteiger partial charge on any atom is -0.326 e. The molecule has 1 rings (SSSR count). The van der Waals surface area contributed by atoms with E-state index in [-0.39, 0.29) is 5.91 Å². The van der Waals surface area contributed by atoms with E-state index >= 15 is 0 Å². The number of hydrogen-bond acceptors (Lipinski definition) is 2. The van der Waals surface area contributed by atoms with Gasteiger partial charge in [0.2, 0.25) is 0 Å². The minimum absolute atomic E-state index is 0.278. The fraction of sp³-hybridized carbons (Fsp3) is 0.273. The second kappa shape index (κ2) is 5.14. The summed E-state index contributed by atoms with van der Waals surface area (Å²) in [5, 5.41) is 4.73. The van der Waals surface area contributed by atoms with Crippen LogP contribution in [0.3, 0.4) is 0 Å². The van der Waals surface area contributed by atoms with Crippen LogP contribution in [0.1, 0.15) is 13.3 Å². The van der Waals surface area contributed by atoms with Gasteiger partial charge in [-0.1, -0.05) is 30.9 Å². The van der Waals surface area contributed by atoms with Crippen molar-refractivity contribution in [1.82, 2.24) is 10.6 Å². The molecule has 1 aliphatic heterocycles. The second-order valence-electron chi connectivity index (χ2n) is 3.20. The van der Waals surface area contributed by atoms with Gasteiger partial charge in [0.25, 0.3) is 5.91 Å². The highest BCUT2D eigenvalue weighted by Crippen LogP contribution is 2.10. The number of carbonyl (C=O) groups excluding carboxylic acids is 2. The smallest absolute Gasteiger partial charge is 0.322 e. The first kappa shape index (κ1) is 11.2. The molecule has 1 atom stereocenters. The Morgan fingerprint density at radius 2 is 2.27 bits per heavy atom. The van der Waals surface area contributed by atoms with Crippen LogP contribution < -0.4 is 10.6 Å². The van der Waals surface area contributed by atoms with E-state index in [0.29, 0.717) is 6.42 Å². The van der Waals surface area contributed by atoms with Gasteiger partial charge in [-0.3, -0.25) is 10.1 Å². The highest BCUT2D eigenvalue weighted by molar-refractivity contribution is 6.04. The Balaban J connectivity index is 2.67. The molecular formula is C11H14N2O2. The van der Waals surface area contributed by atoms with Crippen molar-refractivity contribution in [3.63, 3.8) is 0 Å². The van der Waals surface area contributed by atoms with Gasteiger partial charge in [-0.05, 0) is 12.5 Å². The molecule has 0 saturated carbocycles. The fourth-order valence-corrected chi connectivity index (χ4v) is 1.40. The molecule has 0 bridgehead atoms. The first-order chi connectivity index (χ1) is 7.17. The van der Waals surface area contributed by atoms with Gasteiger partial charge in [-0.25, -0.2) is 4.79 Å². The molecule has 1 saturated heterocycles. The van der Waals surface area contributed by atoms with Crippen molar-refractivity contribution in [2.45, 2.75) is 19.4 Å². The van der Waals surface area contributed by atoms with Crippen molar-refractivity contribution >= 4 is 11.9 Å². The molecule has 0 radical (unpaired) electrons. The van der Waals surface area contributed by atoms with Gasteiger partial charge >= 0.3 is 6.03 Å². The van der Waals surface area contributed by atoms with Crippen LogP contribution in [0.25, 0.3) is 0 Å². The van der Waals surface area contributed by atoms with E-state index in [9.17, 15) is 9.59 Å². The summed E-state index contributed by atoms with van der Waals surface area (Å²) in [6, 6.07) is -0.900. The monoisotopic (exact) mass is 206 g/mol. The molecule has 0 spiro atoms. The first-order valence-corrected chi connectivity index (χ1v) is 4.73. The van der Waals surface area contributed by atoms with E-state index in [1.165, 1.54) is 0 Å². The summed E-state index contributed by atoms with van der Waals surface area (Å²) < 4.78 is 0. The predicted molar refractivity (Wildman–Crippen MR) is 58.2 cm³/mol. The number of allylic oxidation sites excluding steroid dienone is 4. The summed E-state index contributed by atoms with van der Waals surface area (Å²) in [5.41, 5.74) is 0.954. The van der Waals surface area contributed by atoms with Gasteiger partial charge in [0.15, 0.2) is 0 Å². The molecule has 15 heavy (non-hydrogen) atoms. The van der Waals surface area contributed by atoms with Gasteiger partial charge in [0.1, 0.15) is 6.04 Å². The van der Waals surface area contributed by atoms with Crippen molar-refractivity contribution in [2.75, 3.05) is 0 Å². The Bertz CT molecular complexity index is 342. The molecule has 1 aliphatic rings. The summed E-state index contributed by atoms with van der Waals surface area (Å²) in [6.45, 7) is 5.49. The third-order valence-corrected chi connectivity index (χ3v) is 2.01. The maximum Gasteiger partial charge on any atom is 0.322 e. The predicted octanol–water partition coefficient (Wildman–Crippen LogP) is 1.27. The Labute approximate surface area is 88.7 Å². The van der Waals surface area contributed by atoms with Crippen molar-refractivity contribution < 1.29 is 9.59 Å². The third-order valence-electron chi connectivity index (χ3n) is 2.01. The zero-order valence-corrected chi connectivity index (χ0v) is 8.62. The zero-order chi connectivity index (χ0) is 11.3. The highest BCUT2D eigenvalue weighted by Gasteiger charge is 2.29. The van der Waals surface area contributed by atoms with Crippen LogP contribution in [0.2, 0.25) is 0 Å². The SMILES string of the molecule is C=C/C=C(\C=C/C)CC1NC(=O)NC1=O. The van der Waals surface area contributed by atoms with Gasteiger partial charge in [0, 0.05) is 6.42 Å². The maximum absolute atomic E-state index is 11.3. The van der Waals surface area contributed by atoms with E-state index in [2.05, 4.69) is 17.2 Å². The molecule has 0 aliphatic carbocycles. The molecule has 3 amide bonds. The molecule has 80 valence electrons. The van der Waals surface area contributed by atoms with Gasteiger partial charge in [0.05, 0.1) is 0 Å². The number of imide groups is 1. The average Bonchev–Trinajstić information content (AvgIpc) is 2.46. The largest absolute Gasteiger partial charge is 0.326 e. The van der Waals surface area contributed by atoms with E-state index in [4.69, 9.17) is 0 Å². The average molecular weight is 206 g/mol. The summed E-state index contributed by atoms with van der Waals surface area (Å²) in [6.07, 6.45) is 7.72. The van der Waals surface area contributed by atoms with Crippen LogP contribution in [0.15, 0.2) is 36.5 Å². The summed E-state index contributed by atoms with van der Waals surface area (Å²) in [5.74, 6) is -0.278. The molecule has 1 unspecified atom stereocenters. The van der Waals surface area contributed by atoms with Gasteiger partial charge in [-0.15, -0.1) is 0 Å². The first-order valence-electron chi connectivity index (χ1n) is 4.73. The zero-order valence-electron chi connectivity index (χ0n) is 8.62. The lowest BCUT2D eigenvalue weighted by Gasteiger charge is -2.07. The molecular weight excluding hydrogens is 192 g/mol. The van der Waals surface area contributed by atoms with Crippen LogP contribution in [-0.4, -0.2) is 18.0 Å². The number of hydrogen-bond donors (Lipinski definition) is 2. The van der Waals surface area contributed by atoms with Crippen molar-refractivity contribution in [2.24, 2.45) is 0 Å². The molecule has 4 nitrogen and oxygen atoms in total. The Hall–Kier alpha value is -1.84. The van der Waals surface area contributed by atoms with Crippen molar-refractivity contribution in [3.05, 3.63) is 36.5 Å². The van der Waals surface area contributed by atoms with Crippen LogP contribution in [-0.2, 0) is 4.79 Å². The summed E-state index contributed by atoms with van der Waals surface area (Å²) >= 11 is 0. The quantitative estimate of drug-likeness (QED) is 0.537. The lowest BCUT2D eigenvalue weighted by Crippen LogP contribution is -2.28. The molecule has 2 N–H and O–H groups in total. The Kier molecular flexibility index (Phi) is 3.85. The van der Waals surface area contributed by atoms with Crippen LogP contribution in [0.5, 0.6) is 0 Å². The molecule has 0 aromatic carbocycles.